The summed E-state index contributed by atoms with van der Waals surface area (Å²) in [7, 11) is 0. The molecule has 32 heavy (non-hydrogen) atoms. The zero-order valence-electron chi connectivity index (χ0n) is 19.5. The van der Waals surface area contributed by atoms with Crippen molar-refractivity contribution in [3.05, 3.63) is 34.9 Å². The van der Waals surface area contributed by atoms with Crippen molar-refractivity contribution >= 4 is 17.8 Å². The molecule has 4 fully saturated rings. The van der Waals surface area contributed by atoms with E-state index >= 15 is 0 Å². The van der Waals surface area contributed by atoms with Crippen LogP contribution in [0, 0.1) is 37.0 Å². The van der Waals surface area contributed by atoms with E-state index in [1.54, 1.807) is 0 Å². The van der Waals surface area contributed by atoms with Crippen LogP contribution >= 0.6 is 0 Å². The summed E-state index contributed by atoms with van der Waals surface area (Å²) in [6, 6.07) is 5.91. The van der Waals surface area contributed by atoms with Crippen molar-refractivity contribution in [2.75, 3.05) is 13.2 Å². The van der Waals surface area contributed by atoms with E-state index in [0.717, 1.165) is 24.8 Å². The maximum absolute atomic E-state index is 12.9. The first-order valence-electron chi connectivity index (χ1n) is 12.0. The lowest BCUT2D eigenvalue weighted by atomic mass is 9.49. The van der Waals surface area contributed by atoms with E-state index in [2.05, 4.69) is 16.7 Å². The Morgan fingerprint density at radius 3 is 2.25 bits per heavy atom. The maximum atomic E-state index is 12.9. The number of rotatable bonds is 8. The minimum Gasteiger partial charge on any atom is -0.456 e. The number of hydrogen-bond donors (Lipinski definition) is 2. The lowest BCUT2D eigenvalue weighted by molar-refractivity contribution is -0.149. The predicted molar refractivity (Wildman–Crippen MR) is 122 cm³/mol. The summed E-state index contributed by atoms with van der Waals surface area (Å²) in [6.45, 7) is 5.95. The van der Waals surface area contributed by atoms with Crippen LogP contribution in [0.5, 0.6) is 0 Å². The summed E-state index contributed by atoms with van der Waals surface area (Å²) in [6.07, 6.45) is 6.99. The van der Waals surface area contributed by atoms with Gasteiger partial charge in [0.1, 0.15) is 0 Å². The van der Waals surface area contributed by atoms with E-state index < -0.39 is 5.97 Å². The van der Waals surface area contributed by atoms with Gasteiger partial charge in [0.2, 0.25) is 5.91 Å². The fourth-order valence-electron chi connectivity index (χ4n) is 6.47. The highest BCUT2D eigenvalue weighted by Gasteiger charge is 2.54. The van der Waals surface area contributed by atoms with Crippen LogP contribution in [0.3, 0.4) is 0 Å². The van der Waals surface area contributed by atoms with Gasteiger partial charge in [0.15, 0.2) is 6.61 Å². The van der Waals surface area contributed by atoms with Crippen LogP contribution in [0.2, 0.25) is 0 Å². The summed E-state index contributed by atoms with van der Waals surface area (Å²) in [5.41, 5.74) is 3.19. The standard InChI is InChI=1S/C26H36N2O4/c1-16-4-5-22(8-17(16)2)18(3)28-23(29)15-32-24(30)6-7-27-25(31)26-12-19-9-20(13-26)11-21(10-19)14-26/h4-5,8,18-21H,6-7,9-15H2,1-3H3,(H,27,31)(H,28,29). The molecule has 0 radical (unpaired) electrons. The van der Waals surface area contributed by atoms with Crippen molar-refractivity contribution in [3.63, 3.8) is 0 Å². The molecule has 6 nitrogen and oxygen atoms in total. The second-order valence-electron chi connectivity index (χ2n) is 10.5. The molecule has 1 aromatic carbocycles. The summed E-state index contributed by atoms with van der Waals surface area (Å²) < 4.78 is 5.11. The van der Waals surface area contributed by atoms with Crippen molar-refractivity contribution in [3.8, 4) is 0 Å². The molecule has 0 saturated heterocycles. The van der Waals surface area contributed by atoms with Crippen molar-refractivity contribution in [1.82, 2.24) is 10.6 Å². The van der Waals surface area contributed by atoms with Crippen LogP contribution in [-0.4, -0.2) is 30.9 Å². The number of carbonyl (C=O) groups is 3. The van der Waals surface area contributed by atoms with E-state index in [-0.39, 0.29) is 42.8 Å². The molecule has 4 aliphatic carbocycles. The molecule has 4 saturated carbocycles. The fraction of sp³-hybridized carbons (Fsp3) is 0.654. The monoisotopic (exact) mass is 440 g/mol. The summed E-state index contributed by atoms with van der Waals surface area (Å²) in [4.78, 5) is 37.1. The first-order valence-corrected chi connectivity index (χ1v) is 12.0. The molecule has 2 N–H and O–H groups in total. The van der Waals surface area contributed by atoms with E-state index in [4.69, 9.17) is 4.74 Å². The summed E-state index contributed by atoms with van der Waals surface area (Å²) in [5, 5.41) is 5.84. The van der Waals surface area contributed by atoms with Crippen LogP contribution in [0.25, 0.3) is 0 Å². The van der Waals surface area contributed by atoms with Gasteiger partial charge in [-0.25, -0.2) is 0 Å². The average Bonchev–Trinajstić information content (AvgIpc) is 2.73. The van der Waals surface area contributed by atoms with Crippen molar-refractivity contribution in [2.45, 2.75) is 71.8 Å². The van der Waals surface area contributed by atoms with Gasteiger partial charge in [0.25, 0.3) is 5.91 Å². The van der Waals surface area contributed by atoms with Gasteiger partial charge in [-0.05, 0) is 93.7 Å². The van der Waals surface area contributed by atoms with Crippen LogP contribution in [0.4, 0.5) is 0 Å². The molecule has 1 atom stereocenters. The molecule has 0 aliphatic heterocycles. The minimum absolute atomic E-state index is 0.0814. The van der Waals surface area contributed by atoms with E-state index in [9.17, 15) is 14.4 Å². The van der Waals surface area contributed by atoms with Gasteiger partial charge in [-0.15, -0.1) is 0 Å². The van der Waals surface area contributed by atoms with E-state index in [1.165, 1.54) is 30.4 Å². The number of carbonyl (C=O) groups excluding carboxylic acids is 3. The second-order valence-corrected chi connectivity index (χ2v) is 10.5. The Bertz CT molecular complexity index is 859. The van der Waals surface area contributed by atoms with Crippen molar-refractivity contribution in [2.24, 2.45) is 23.2 Å². The van der Waals surface area contributed by atoms with E-state index in [0.29, 0.717) is 17.8 Å². The van der Waals surface area contributed by atoms with Crippen molar-refractivity contribution in [1.29, 1.82) is 0 Å². The Labute approximate surface area is 190 Å². The number of nitrogens with one attached hydrogen (secondary N) is 2. The largest absolute Gasteiger partial charge is 0.456 e. The smallest absolute Gasteiger partial charge is 0.308 e. The first kappa shape index (κ1) is 22.8. The summed E-state index contributed by atoms with van der Waals surface area (Å²) >= 11 is 0. The molecule has 1 aromatic rings. The fourth-order valence-corrected chi connectivity index (χ4v) is 6.47. The third-order valence-corrected chi connectivity index (χ3v) is 7.91. The zero-order valence-corrected chi connectivity index (χ0v) is 19.5. The molecular formula is C26H36N2O4. The molecule has 0 aromatic heterocycles. The van der Waals surface area contributed by atoms with Gasteiger partial charge in [0.05, 0.1) is 12.5 Å². The van der Waals surface area contributed by atoms with Crippen molar-refractivity contribution < 1.29 is 19.1 Å². The maximum Gasteiger partial charge on any atom is 0.308 e. The number of ether oxygens (including phenoxy) is 1. The van der Waals surface area contributed by atoms with Gasteiger partial charge in [0, 0.05) is 12.0 Å². The Hall–Kier alpha value is -2.37. The molecular weight excluding hydrogens is 404 g/mol. The van der Waals surface area contributed by atoms with E-state index in [1.807, 2.05) is 32.9 Å². The number of hydrogen-bond acceptors (Lipinski definition) is 4. The SMILES string of the molecule is Cc1ccc(C(C)NC(=O)COC(=O)CCNC(=O)C23CC4CC(CC(C4)C2)C3)cc1C. The first-order chi connectivity index (χ1) is 15.2. The highest BCUT2D eigenvalue weighted by molar-refractivity contribution is 5.84. The third kappa shape index (κ3) is 5.00. The van der Waals surface area contributed by atoms with Gasteiger partial charge in [-0.3, -0.25) is 14.4 Å². The number of amides is 2. The zero-order chi connectivity index (χ0) is 22.9. The number of aryl methyl sites for hydroxylation is 2. The molecule has 6 heteroatoms. The Balaban J connectivity index is 1.16. The normalized spacial score (nSPS) is 28.8. The average molecular weight is 441 g/mol. The number of esters is 1. The highest BCUT2D eigenvalue weighted by atomic mass is 16.5. The van der Waals surface area contributed by atoms with Crippen LogP contribution in [0.1, 0.15) is 74.6 Å². The van der Waals surface area contributed by atoms with Crippen LogP contribution < -0.4 is 10.6 Å². The second kappa shape index (κ2) is 9.24. The van der Waals surface area contributed by atoms with Gasteiger partial charge in [-0.2, -0.15) is 0 Å². The minimum atomic E-state index is -0.468. The molecule has 1 unspecified atom stereocenters. The molecule has 5 rings (SSSR count). The lowest BCUT2D eigenvalue weighted by Crippen LogP contribution is -2.53. The lowest BCUT2D eigenvalue weighted by Gasteiger charge is -2.55. The molecule has 0 heterocycles. The third-order valence-electron chi connectivity index (χ3n) is 7.91. The number of benzene rings is 1. The van der Waals surface area contributed by atoms with Gasteiger partial charge < -0.3 is 15.4 Å². The molecule has 2 amide bonds. The van der Waals surface area contributed by atoms with Gasteiger partial charge in [-0.1, -0.05) is 18.2 Å². The highest BCUT2D eigenvalue weighted by Crippen LogP contribution is 2.60. The molecule has 0 spiro atoms. The van der Waals surface area contributed by atoms with Gasteiger partial charge >= 0.3 is 5.97 Å². The quantitative estimate of drug-likeness (QED) is 0.603. The summed E-state index contributed by atoms with van der Waals surface area (Å²) in [5.74, 6) is 1.45. The Kier molecular flexibility index (Phi) is 6.59. The topological polar surface area (TPSA) is 84.5 Å². The van der Waals surface area contributed by atoms with Crippen LogP contribution in [-0.2, 0) is 19.1 Å². The molecule has 4 aliphatic rings. The Morgan fingerprint density at radius 1 is 1.03 bits per heavy atom. The molecule has 174 valence electrons. The predicted octanol–water partition coefficient (Wildman–Crippen LogP) is 3.75. The molecule has 4 bridgehead atoms. The Morgan fingerprint density at radius 2 is 1.66 bits per heavy atom. The van der Waals surface area contributed by atoms with Crippen LogP contribution in [0.15, 0.2) is 18.2 Å².